The highest BCUT2D eigenvalue weighted by Crippen LogP contribution is 2.13. The second-order valence-corrected chi connectivity index (χ2v) is 6.66. The van der Waals surface area contributed by atoms with Gasteiger partial charge in [0.1, 0.15) is 18.5 Å². The second kappa shape index (κ2) is 8.28. The molecule has 0 unspecified atom stereocenters. The standard InChI is InChI=1S/C18H22N2O3S/c21-16(13-23-17-4-2-1-3-5-17)12-19-7-9-20(10-8-19)18(22)15-6-11-24-14-15/h1-6,11,14,16,21H,7-10,12-13H2/t16-/m0/s1. The first kappa shape index (κ1) is 17.0. The van der Waals surface area contributed by atoms with Gasteiger partial charge in [-0.3, -0.25) is 9.69 Å². The Kier molecular flexibility index (Phi) is 5.85. The number of piperazine rings is 1. The van der Waals surface area contributed by atoms with Crippen molar-refractivity contribution in [1.29, 1.82) is 0 Å². The van der Waals surface area contributed by atoms with E-state index in [2.05, 4.69) is 4.90 Å². The largest absolute Gasteiger partial charge is 0.491 e. The highest BCUT2D eigenvalue weighted by atomic mass is 32.1. The molecule has 5 nitrogen and oxygen atoms in total. The number of hydrogen-bond donors (Lipinski definition) is 1. The first-order valence-electron chi connectivity index (χ1n) is 8.12. The lowest BCUT2D eigenvalue weighted by Crippen LogP contribution is -2.50. The van der Waals surface area contributed by atoms with E-state index in [0.29, 0.717) is 19.6 Å². The van der Waals surface area contributed by atoms with E-state index in [0.717, 1.165) is 24.4 Å². The van der Waals surface area contributed by atoms with Crippen LogP contribution in [-0.2, 0) is 0 Å². The molecule has 128 valence electrons. The number of para-hydroxylation sites is 1. The van der Waals surface area contributed by atoms with Crippen molar-refractivity contribution in [3.63, 3.8) is 0 Å². The van der Waals surface area contributed by atoms with Gasteiger partial charge in [0.15, 0.2) is 0 Å². The summed E-state index contributed by atoms with van der Waals surface area (Å²) in [6.07, 6.45) is -0.538. The van der Waals surface area contributed by atoms with Crippen molar-refractivity contribution in [2.45, 2.75) is 6.10 Å². The van der Waals surface area contributed by atoms with Gasteiger partial charge in [0.05, 0.1) is 5.56 Å². The Morgan fingerprint density at radius 3 is 2.58 bits per heavy atom. The summed E-state index contributed by atoms with van der Waals surface area (Å²) in [5.41, 5.74) is 0.768. The first-order chi connectivity index (χ1) is 11.7. The Morgan fingerprint density at radius 1 is 1.17 bits per heavy atom. The van der Waals surface area contributed by atoms with Gasteiger partial charge in [-0.2, -0.15) is 11.3 Å². The van der Waals surface area contributed by atoms with Crippen molar-refractivity contribution in [1.82, 2.24) is 9.80 Å². The zero-order valence-corrected chi connectivity index (χ0v) is 14.3. The maximum Gasteiger partial charge on any atom is 0.254 e. The van der Waals surface area contributed by atoms with Gasteiger partial charge >= 0.3 is 0 Å². The molecule has 1 aromatic heterocycles. The number of aliphatic hydroxyl groups is 1. The summed E-state index contributed by atoms with van der Waals surface area (Å²) in [6.45, 7) is 3.78. The molecule has 3 rings (SSSR count). The first-order valence-corrected chi connectivity index (χ1v) is 9.06. The minimum absolute atomic E-state index is 0.101. The van der Waals surface area contributed by atoms with Crippen LogP contribution >= 0.6 is 11.3 Å². The van der Waals surface area contributed by atoms with E-state index >= 15 is 0 Å². The molecule has 6 heteroatoms. The van der Waals surface area contributed by atoms with Gasteiger partial charge in [-0.15, -0.1) is 0 Å². The highest BCUT2D eigenvalue weighted by molar-refractivity contribution is 7.08. The number of hydrogen-bond acceptors (Lipinski definition) is 5. The lowest BCUT2D eigenvalue weighted by molar-refractivity contribution is 0.0404. The fraction of sp³-hybridized carbons (Fsp3) is 0.389. The average Bonchev–Trinajstić information content (AvgIpc) is 3.16. The normalized spacial score (nSPS) is 16.8. The van der Waals surface area contributed by atoms with E-state index < -0.39 is 6.10 Å². The monoisotopic (exact) mass is 346 g/mol. The molecule has 24 heavy (non-hydrogen) atoms. The van der Waals surface area contributed by atoms with Crippen molar-refractivity contribution >= 4 is 17.2 Å². The topological polar surface area (TPSA) is 53.0 Å². The molecule has 2 aromatic rings. The number of rotatable bonds is 6. The van der Waals surface area contributed by atoms with Crippen LogP contribution in [0.3, 0.4) is 0 Å². The van der Waals surface area contributed by atoms with Gasteiger partial charge in [0.2, 0.25) is 0 Å². The van der Waals surface area contributed by atoms with Crippen molar-refractivity contribution in [3.05, 3.63) is 52.7 Å². The summed E-state index contributed by atoms with van der Waals surface area (Å²) < 4.78 is 5.58. The van der Waals surface area contributed by atoms with Crippen molar-refractivity contribution in [3.8, 4) is 5.75 Å². The number of β-amino-alcohol motifs (C(OH)–C–C–N with tert-alkyl or cyclic N) is 1. The number of nitrogens with zero attached hydrogens (tertiary/aromatic N) is 2. The average molecular weight is 346 g/mol. The zero-order valence-electron chi connectivity index (χ0n) is 13.5. The predicted molar refractivity (Wildman–Crippen MR) is 94.6 cm³/mol. The van der Waals surface area contributed by atoms with Gasteiger partial charge in [-0.25, -0.2) is 0 Å². The lowest BCUT2D eigenvalue weighted by Gasteiger charge is -2.35. The Balaban J connectivity index is 1.39. The molecule has 1 saturated heterocycles. The number of aliphatic hydroxyl groups excluding tert-OH is 1. The third-order valence-electron chi connectivity index (χ3n) is 4.08. The Hall–Kier alpha value is -1.89. The number of carbonyl (C=O) groups excluding carboxylic acids is 1. The number of ether oxygens (including phenoxy) is 1. The third-order valence-corrected chi connectivity index (χ3v) is 4.77. The van der Waals surface area contributed by atoms with Gasteiger partial charge in [0.25, 0.3) is 5.91 Å². The fourth-order valence-corrected chi connectivity index (χ4v) is 3.39. The number of carbonyl (C=O) groups is 1. The summed E-state index contributed by atoms with van der Waals surface area (Å²) in [5, 5.41) is 14.0. The van der Waals surface area contributed by atoms with Crippen LogP contribution < -0.4 is 4.74 Å². The molecule has 1 aliphatic heterocycles. The quantitative estimate of drug-likeness (QED) is 0.869. The molecule has 0 spiro atoms. The summed E-state index contributed by atoms with van der Waals surface area (Å²) in [6, 6.07) is 11.4. The number of amides is 1. The van der Waals surface area contributed by atoms with Crippen LogP contribution in [0.15, 0.2) is 47.2 Å². The zero-order chi connectivity index (χ0) is 16.8. The molecule has 0 aliphatic carbocycles. The molecule has 1 amide bonds. The second-order valence-electron chi connectivity index (χ2n) is 5.88. The summed E-state index contributed by atoms with van der Waals surface area (Å²) in [7, 11) is 0. The smallest absolute Gasteiger partial charge is 0.254 e. The van der Waals surface area contributed by atoms with E-state index in [1.54, 1.807) is 0 Å². The minimum Gasteiger partial charge on any atom is -0.491 e. The van der Waals surface area contributed by atoms with Gasteiger partial charge in [0, 0.05) is 38.1 Å². The molecular weight excluding hydrogens is 324 g/mol. The highest BCUT2D eigenvalue weighted by Gasteiger charge is 2.23. The van der Waals surface area contributed by atoms with E-state index in [9.17, 15) is 9.90 Å². The van der Waals surface area contributed by atoms with E-state index in [1.165, 1.54) is 11.3 Å². The van der Waals surface area contributed by atoms with Gasteiger partial charge < -0.3 is 14.7 Å². The van der Waals surface area contributed by atoms with Crippen LogP contribution in [0.1, 0.15) is 10.4 Å². The molecule has 0 saturated carbocycles. The molecule has 1 atom stereocenters. The molecular formula is C18H22N2O3S. The van der Waals surface area contributed by atoms with Crippen LogP contribution in [-0.4, -0.2) is 66.2 Å². The van der Waals surface area contributed by atoms with Crippen LogP contribution in [0.4, 0.5) is 0 Å². The third kappa shape index (κ3) is 4.56. The molecule has 0 radical (unpaired) electrons. The Morgan fingerprint density at radius 2 is 1.92 bits per heavy atom. The van der Waals surface area contributed by atoms with E-state index in [4.69, 9.17) is 4.74 Å². The molecule has 1 fully saturated rings. The van der Waals surface area contributed by atoms with Crippen LogP contribution in [0, 0.1) is 0 Å². The fourth-order valence-electron chi connectivity index (χ4n) is 2.76. The number of thiophene rings is 1. The molecule has 1 aliphatic rings. The van der Waals surface area contributed by atoms with Crippen molar-refractivity contribution in [2.24, 2.45) is 0 Å². The SMILES string of the molecule is O=C(c1ccsc1)N1CCN(C[C@H](O)COc2ccccc2)CC1. The maximum absolute atomic E-state index is 12.3. The van der Waals surface area contributed by atoms with Crippen LogP contribution in [0.25, 0.3) is 0 Å². The Bertz CT molecular complexity index is 625. The van der Waals surface area contributed by atoms with Crippen LogP contribution in [0.5, 0.6) is 5.75 Å². The van der Waals surface area contributed by atoms with Gasteiger partial charge in [-0.05, 0) is 23.6 Å². The summed E-state index contributed by atoms with van der Waals surface area (Å²) in [5.74, 6) is 0.867. The van der Waals surface area contributed by atoms with E-state index in [1.807, 2.05) is 52.1 Å². The predicted octanol–water partition coefficient (Wildman–Crippen LogP) is 1.95. The molecule has 1 N–H and O–H groups in total. The summed E-state index contributed by atoms with van der Waals surface area (Å²) >= 11 is 1.54. The number of benzene rings is 1. The van der Waals surface area contributed by atoms with Crippen LogP contribution in [0.2, 0.25) is 0 Å². The summed E-state index contributed by atoms with van der Waals surface area (Å²) in [4.78, 5) is 16.4. The molecule has 2 heterocycles. The Labute approximate surface area is 146 Å². The minimum atomic E-state index is -0.538. The van der Waals surface area contributed by atoms with Gasteiger partial charge in [-0.1, -0.05) is 18.2 Å². The van der Waals surface area contributed by atoms with Crippen molar-refractivity contribution < 1.29 is 14.6 Å². The lowest BCUT2D eigenvalue weighted by atomic mass is 10.2. The van der Waals surface area contributed by atoms with Crippen molar-refractivity contribution in [2.75, 3.05) is 39.3 Å². The molecule has 0 bridgehead atoms. The molecule has 1 aromatic carbocycles. The van der Waals surface area contributed by atoms with E-state index in [-0.39, 0.29) is 12.5 Å². The maximum atomic E-state index is 12.3.